The molecule has 2 aromatic carbocycles. The minimum atomic E-state index is 0.0694. The molecule has 0 saturated heterocycles. The van der Waals surface area contributed by atoms with E-state index in [0.717, 1.165) is 35.1 Å². The Morgan fingerprint density at radius 1 is 0.933 bits per heavy atom. The van der Waals surface area contributed by atoms with Gasteiger partial charge >= 0.3 is 0 Å². The van der Waals surface area contributed by atoms with E-state index < -0.39 is 0 Å². The highest BCUT2D eigenvalue weighted by atomic mass is 16.1. The normalized spacial score (nSPS) is 11.1. The number of rotatable bonds is 7. The summed E-state index contributed by atoms with van der Waals surface area (Å²) in [4.78, 5) is 17.7. The largest absolute Gasteiger partial charge is 0.312 e. The van der Waals surface area contributed by atoms with Crippen LogP contribution in [-0.2, 0) is 19.5 Å². The van der Waals surface area contributed by atoms with E-state index in [1.54, 1.807) is 0 Å². The first-order valence-corrected chi connectivity index (χ1v) is 10.4. The van der Waals surface area contributed by atoms with Gasteiger partial charge in [0.1, 0.15) is 0 Å². The Morgan fingerprint density at radius 3 is 2.57 bits per heavy atom. The van der Waals surface area contributed by atoms with Gasteiger partial charge in [0.25, 0.3) is 5.56 Å². The molecule has 2 heterocycles. The van der Waals surface area contributed by atoms with Gasteiger partial charge in [-0.3, -0.25) is 9.78 Å². The van der Waals surface area contributed by atoms with Gasteiger partial charge in [0.2, 0.25) is 0 Å². The summed E-state index contributed by atoms with van der Waals surface area (Å²) in [6, 6.07) is 22.5. The summed E-state index contributed by atoms with van der Waals surface area (Å²) < 4.78 is 1.91. The van der Waals surface area contributed by atoms with Crippen molar-refractivity contribution < 1.29 is 0 Å². The summed E-state index contributed by atoms with van der Waals surface area (Å²) in [5, 5.41) is 4.52. The van der Waals surface area contributed by atoms with E-state index in [0.29, 0.717) is 13.1 Å². The van der Waals surface area contributed by atoms with Crippen LogP contribution in [0.1, 0.15) is 27.9 Å². The van der Waals surface area contributed by atoms with Crippen LogP contribution in [0.5, 0.6) is 0 Å². The van der Waals surface area contributed by atoms with Crippen LogP contribution in [0, 0.1) is 13.8 Å². The van der Waals surface area contributed by atoms with Crippen molar-refractivity contribution in [1.29, 1.82) is 0 Å². The molecule has 0 saturated carbocycles. The topological polar surface area (TPSA) is 46.9 Å². The molecule has 0 radical (unpaired) electrons. The van der Waals surface area contributed by atoms with Crippen LogP contribution < -0.4 is 10.9 Å². The molecule has 0 aliphatic carbocycles. The first-order chi connectivity index (χ1) is 14.6. The minimum Gasteiger partial charge on any atom is -0.312 e. The lowest BCUT2D eigenvalue weighted by Crippen LogP contribution is -2.29. The van der Waals surface area contributed by atoms with Crippen molar-refractivity contribution in [1.82, 2.24) is 14.9 Å². The third kappa shape index (κ3) is 4.50. The predicted molar refractivity (Wildman–Crippen MR) is 123 cm³/mol. The zero-order chi connectivity index (χ0) is 20.9. The van der Waals surface area contributed by atoms with E-state index in [-0.39, 0.29) is 5.56 Å². The van der Waals surface area contributed by atoms with Gasteiger partial charge in [-0.25, -0.2) is 0 Å². The van der Waals surface area contributed by atoms with Crippen LogP contribution in [0.4, 0.5) is 0 Å². The fourth-order valence-electron chi connectivity index (χ4n) is 3.79. The summed E-state index contributed by atoms with van der Waals surface area (Å²) in [5.74, 6) is 0. The van der Waals surface area contributed by atoms with E-state index in [1.165, 1.54) is 16.7 Å². The summed E-state index contributed by atoms with van der Waals surface area (Å²) >= 11 is 0. The van der Waals surface area contributed by atoms with Crippen molar-refractivity contribution in [3.05, 3.63) is 111 Å². The second kappa shape index (κ2) is 9.06. The van der Waals surface area contributed by atoms with E-state index in [9.17, 15) is 4.79 Å². The second-order valence-electron chi connectivity index (χ2n) is 7.80. The van der Waals surface area contributed by atoms with Crippen molar-refractivity contribution in [3.63, 3.8) is 0 Å². The Balaban J connectivity index is 1.62. The van der Waals surface area contributed by atoms with Crippen molar-refractivity contribution >= 4 is 10.9 Å². The quantitative estimate of drug-likeness (QED) is 0.471. The molecule has 0 aliphatic heterocycles. The first-order valence-electron chi connectivity index (χ1n) is 10.4. The molecule has 4 nitrogen and oxygen atoms in total. The van der Waals surface area contributed by atoms with Crippen LogP contribution in [-0.4, -0.2) is 16.1 Å². The molecule has 4 aromatic rings. The maximum atomic E-state index is 13.4. The Morgan fingerprint density at radius 2 is 1.77 bits per heavy atom. The molecule has 0 atom stereocenters. The zero-order valence-corrected chi connectivity index (χ0v) is 17.6. The second-order valence-corrected chi connectivity index (χ2v) is 7.80. The third-order valence-corrected chi connectivity index (χ3v) is 5.51. The number of benzene rings is 2. The van der Waals surface area contributed by atoms with Gasteiger partial charge in [-0.05, 0) is 60.7 Å². The van der Waals surface area contributed by atoms with Crippen molar-refractivity contribution in [3.8, 4) is 0 Å². The van der Waals surface area contributed by atoms with Crippen LogP contribution in [0.25, 0.3) is 10.9 Å². The third-order valence-electron chi connectivity index (χ3n) is 5.51. The molecule has 30 heavy (non-hydrogen) atoms. The van der Waals surface area contributed by atoms with E-state index in [1.807, 2.05) is 47.2 Å². The number of fused-ring (bicyclic) bond motifs is 1. The van der Waals surface area contributed by atoms with E-state index in [4.69, 9.17) is 0 Å². The molecular formula is C26H27N3O. The number of aryl methyl sites for hydroxylation is 2. The highest BCUT2D eigenvalue weighted by molar-refractivity contribution is 5.80. The molecule has 0 aliphatic rings. The molecule has 4 heteroatoms. The highest BCUT2D eigenvalue weighted by Crippen LogP contribution is 2.18. The van der Waals surface area contributed by atoms with Gasteiger partial charge in [-0.15, -0.1) is 0 Å². The van der Waals surface area contributed by atoms with Gasteiger partial charge in [0.05, 0.1) is 12.1 Å². The van der Waals surface area contributed by atoms with Gasteiger partial charge in [0, 0.05) is 37.0 Å². The number of pyridine rings is 2. The molecule has 0 bridgehead atoms. The molecular weight excluding hydrogens is 370 g/mol. The smallest absolute Gasteiger partial charge is 0.255 e. The van der Waals surface area contributed by atoms with Crippen LogP contribution >= 0.6 is 0 Å². The summed E-state index contributed by atoms with van der Waals surface area (Å²) in [6.45, 7) is 6.08. The molecule has 0 amide bonds. The molecule has 0 fully saturated rings. The monoisotopic (exact) mass is 397 g/mol. The summed E-state index contributed by atoms with van der Waals surface area (Å²) in [7, 11) is 0. The highest BCUT2D eigenvalue weighted by Gasteiger charge is 2.11. The molecule has 1 N–H and O–H groups in total. The van der Waals surface area contributed by atoms with E-state index in [2.05, 4.69) is 54.5 Å². The average Bonchev–Trinajstić information content (AvgIpc) is 2.76. The van der Waals surface area contributed by atoms with Gasteiger partial charge in [0.15, 0.2) is 0 Å². The summed E-state index contributed by atoms with van der Waals surface area (Å²) in [5.41, 5.74) is 6.45. The molecule has 2 aromatic heterocycles. The van der Waals surface area contributed by atoms with Gasteiger partial charge in [-0.1, -0.05) is 42.0 Å². The predicted octanol–water partition coefficient (Wildman–Crippen LogP) is 4.39. The Kier molecular flexibility index (Phi) is 6.05. The van der Waals surface area contributed by atoms with Crippen molar-refractivity contribution in [2.45, 2.75) is 33.4 Å². The van der Waals surface area contributed by atoms with Crippen molar-refractivity contribution in [2.75, 3.05) is 6.54 Å². The lowest BCUT2D eigenvalue weighted by atomic mass is 10.1. The fraction of sp³-hybridized carbons (Fsp3) is 0.231. The number of nitrogens with zero attached hydrogens (tertiary/aromatic N) is 2. The molecule has 0 unspecified atom stereocenters. The number of hydrogen-bond donors (Lipinski definition) is 1. The lowest BCUT2D eigenvalue weighted by Gasteiger charge is -2.15. The Bertz CT molecular complexity index is 1210. The number of aromatic nitrogens is 2. The van der Waals surface area contributed by atoms with Crippen LogP contribution in [0.2, 0.25) is 0 Å². The molecule has 4 rings (SSSR count). The van der Waals surface area contributed by atoms with E-state index >= 15 is 0 Å². The zero-order valence-electron chi connectivity index (χ0n) is 17.6. The first kappa shape index (κ1) is 20.0. The SMILES string of the molecule is Cc1ccc2c(c1)cc(CNCCc1ccccn1)c(=O)n2Cc1ccccc1C. The maximum absolute atomic E-state index is 13.4. The lowest BCUT2D eigenvalue weighted by molar-refractivity contribution is 0.665. The molecule has 0 spiro atoms. The van der Waals surface area contributed by atoms with Gasteiger partial charge in [-0.2, -0.15) is 0 Å². The minimum absolute atomic E-state index is 0.0694. The molecule has 152 valence electrons. The fourth-order valence-corrected chi connectivity index (χ4v) is 3.79. The number of hydrogen-bond acceptors (Lipinski definition) is 3. The standard InChI is InChI=1S/C26H27N3O/c1-19-10-11-25-22(15-19)16-23(17-27-14-12-24-9-5-6-13-28-24)26(30)29(25)18-21-8-4-3-7-20(21)2/h3-11,13,15-16,27H,12,14,17-18H2,1-2H3. The van der Waals surface area contributed by atoms with Crippen LogP contribution in [0.15, 0.2) is 77.7 Å². The van der Waals surface area contributed by atoms with Crippen LogP contribution in [0.3, 0.4) is 0 Å². The Labute approximate surface area is 177 Å². The average molecular weight is 398 g/mol. The van der Waals surface area contributed by atoms with Gasteiger partial charge < -0.3 is 9.88 Å². The maximum Gasteiger partial charge on any atom is 0.255 e. The summed E-state index contributed by atoms with van der Waals surface area (Å²) in [6.07, 6.45) is 2.65. The number of nitrogens with one attached hydrogen (secondary N) is 1. The Hall–Kier alpha value is -3.24. The van der Waals surface area contributed by atoms with Crippen molar-refractivity contribution in [2.24, 2.45) is 0 Å².